The Morgan fingerprint density at radius 3 is 2.18 bits per heavy atom. The number of nitrogens with one attached hydrogen (secondary N) is 3. The number of hydrogen-bond acceptors (Lipinski definition) is 4. The lowest BCUT2D eigenvalue weighted by atomic mass is 10.1. The molecule has 0 bridgehead atoms. The summed E-state index contributed by atoms with van der Waals surface area (Å²) in [6.07, 6.45) is 0.666. The lowest BCUT2D eigenvalue weighted by Crippen LogP contribution is -2.27. The average molecular weight is 548 g/mol. The summed E-state index contributed by atoms with van der Waals surface area (Å²) in [6.45, 7) is 2.20. The molecule has 0 saturated carbocycles. The summed E-state index contributed by atoms with van der Waals surface area (Å²) in [4.78, 5) is 25.7. The summed E-state index contributed by atoms with van der Waals surface area (Å²) in [6, 6.07) is 27.3. The molecule has 0 unspecified atom stereocenters. The Labute approximate surface area is 226 Å². The Bertz CT molecular complexity index is 1570. The molecule has 4 aromatic rings. The maximum absolute atomic E-state index is 13.1. The largest absolute Gasteiger partial charge is 0.352 e. The molecular formula is C29H26ClN3O4S. The molecule has 0 saturated heterocycles. The van der Waals surface area contributed by atoms with Gasteiger partial charge in [-0.05, 0) is 60.9 Å². The van der Waals surface area contributed by atoms with Gasteiger partial charge in [0.1, 0.15) is 4.90 Å². The Hall–Kier alpha value is -4.14. The van der Waals surface area contributed by atoms with Crippen LogP contribution in [0.4, 0.5) is 11.4 Å². The minimum atomic E-state index is -4.08. The fourth-order valence-electron chi connectivity index (χ4n) is 3.78. The summed E-state index contributed by atoms with van der Waals surface area (Å²) in [5.74, 6) is -0.919. The molecule has 0 heterocycles. The lowest BCUT2D eigenvalue weighted by molar-refractivity contribution is 0.0955. The zero-order valence-electron chi connectivity index (χ0n) is 20.6. The second-order valence-electron chi connectivity index (χ2n) is 8.56. The molecule has 194 valence electrons. The molecule has 0 radical (unpaired) electrons. The van der Waals surface area contributed by atoms with E-state index in [4.69, 9.17) is 11.6 Å². The van der Waals surface area contributed by atoms with Gasteiger partial charge in [0, 0.05) is 12.1 Å². The highest BCUT2D eigenvalue weighted by Crippen LogP contribution is 2.27. The van der Waals surface area contributed by atoms with Crippen LogP contribution in [0.2, 0.25) is 5.02 Å². The molecule has 0 atom stereocenters. The minimum Gasteiger partial charge on any atom is -0.352 e. The van der Waals surface area contributed by atoms with E-state index in [1.165, 1.54) is 18.2 Å². The van der Waals surface area contributed by atoms with Crippen LogP contribution in [0.5, 0.6) is 0 Å². The van der Waals surface area contributed by atoms with Crippen molar-refractivity contribution in [1.82, 2.24) is 5.32 Å². The summed E-state index contributed by atoms with van der Waals surface area (Å²) in [7, 11) is -4.08. The molecule has 0 aliphatic heterocycles. The van der Waals surface area contributed by atoms with E-state index < -0.39 is 15.9 Å². The average Bonchev–Trinajstić information content (AvgIpc) is 2.91. The Morgan fingerprint density at radius 2 is 1.45 bits per heavy atom. The van der Waals surface area contributed by atoms with Crippen molar-refractivity contribution >= 4 is 44.8 Å². The summed E-state index contributed by atoms with van der Waals surface area (Å²) < 4.78 is 28.7. The van der Waals surface area contributed by atoms with Gasteiger partial charge in [0.15, 0.2) is 0 Å². The van der Waals surface area contributed by atoms with Gasteiger partial charge in [0.25, 0.3) is 21.8 Å². The molecule has 38 heavy (non-hydrogen) atoms. The molecule has 9 heteroatoms. The predicted octanol–water partition coefficient (Wildman–Crippen LogP) is 5.67. The summed E-state index contributed by atoms with van der Waals surface area (Å²) >= 11 is 6.21. The van der Waals surface area contributed by atoms with Crippen LogP contribution in [0.3, 0.4) is 0 Å². The third-order valence-electron chi connectivity index (χ3n) is 5.83. The molecule has 0 fully saturated rings. The third kappa shape index (κ3) is 6.59. The van der Waals surface area contributed by atoms with Gasteiger partial charge in [-0.1, -0.05) is 72.3 Å². The van der Waals surface area contributed by atoms with Crippen LogP contribution in [-0.2, 0) is 16.4 Å². The van der Waals surface area contributed by atoms with Crippen LogP contribution in [0.25, 0.3) is 0 Å². The normalized spacial score (nSPS) is 11.0. The fraction of sp³-hybridized carbons (Fsp3) is 0.103. The highest BCUT2D eigenvalue weighted by atomic mass is 35.5. The van der Waals surface area contributed by atoms with Crippen molar-refractivity contribution < 1.29 is 18.0 Å². The first kappa shape index (κ1) is 26.9. The molecule has 0 aliphatic carbocycles. The van der Waals surface area contributed by atoms with Gasteiger partial charge in [0.05, 0.1) is 22.0 Å². The molecular weight excluding hydrogens is 522 g/mol. The number of sulfonamides is 1. The first-order valence-corrected chi connectivity index (χ1v) is 13.7. The quantitative estimate of drug-likeness (QED) is 0.251. The molecule has 2 amide bonds. The number of halogens is 1. The molecule has 0 aliphatic rings. The minimum absolute atomic E-state index is 0.0270. The Morgan fingerprint density at radius 1 is 0.789 bits per heavy atom. The summed E-state index contributed by atoms with van der Waals surface area (Å²) in [5, 5.41) is 5.56. The van der Waals surface area contributed by atoms with Crippen molar-refractivity contribution in [3.63, 3.8) is 0 Å². The molecule has 3 N–H and O–H groups in total. The highest BCUT2D eigenvalue weighted by Gasteiger charge is 2.22. The van der Waals surface area contributed by atoms with Crippen LogP contribution >= 0.6 is 11.6 Å². The van der Waals surface area contributed by atoms with E-state index in [0.717, 1.165) is 11.1 Å². The van der Waals surface area contributed by atoms with Gasteiger partial charge >= 0.3 is 0 Å². The molecule has 0 aromatic heterocycles. The number of amides is 2. The second kappa shape index (κ2) is 11.9. The van der Waals surface area contributed by atoms with Crippen LogP contribution in [-0.4, -0.2) is 26.8 Å². The number of hydrogen-bond donors (Lipinski definition) is 3. The maximum atomic E-state index is 13.1. The monoisotopic (exact) mass is 547 g/mol. The number of carbonyl (C=O) groups excluding carboxylic acids is 2. The fourth-order valence-corrected chi connectivity index (χ4v) is 5.44. The van der Waals surface area contributed by atoms with E-state index in [9.17, 15) is 18.0 Å². The van der Waals surface area contributed by atoms with E-state index in [1.54, 1.807) is 55.5 Å². The number of para-hydroxylation sites is 2. The third-order valence-corrected chi connectivity index (χ3v) is 7.68. The maximum Gasteiger partial charge on any atom is 0.263 e. The predicted molar refractivity (Wildman–Crippen MR) is 150 cm³/mol. The zero-order chi connectivity index (χ0) is 27.1. The van der Waals surface area contributed by atoms with Gasteiger partial charge < -0.3 is 10.6 Å². The van der Waals surface area contributed by atoms with Crippen molar-refractivity contribution in [2.24, 2.45) is 0 Å². The van der Waals surface area contributed by atoms with Crippen LogP contribution in [0.15, 0.2) is 102 Å². The first-order chi connectivity index (χ1) is 18.2. The highest BCUT2D eigenvalue weighted by molar-refractivity contribution is 7.92. The zero-order valence-corrected chi connectivity index (χ0v) is 22.1. The number of benzene rings is 4. The van der Waals surface area contributed by atoms with E-state index in [0.29, 0.717) is 24.3 Å². The number of anilines is 2. The van der Waals surface area contributed by atoms with E-state index in [2.05, 4.69) is 15.4 Å². The Kier molecular flexibility index (Phi) is 8.45. The first-order valence-electron chi connectivity index (χ1n) is 11.8. The van der Waals surface area contributed by atoms with Crippen molar-refractivity contribution in [3.8, 4) is 0 Å². The van der Waals surface area contributed by atoms with Crippen molar-refractivity contribution in [2.75, 3.05) is 16.6 Å². The van der Waals surface area contributed by atoms with Crippen molar-refractivity contribution in [1.29, 1.82) is 0 Å². The van der Waals surface area contributed by atoms with Crippen LogP contribution in [0, 0.1) is 6.92 Å². The van der Waals surface area contributed by atoms with E-state index in [1.807, 2.05) is 30.3 Å². The molecule has 4 rings (SSSR count). The topological polar surface area (TPSA) is 104 Å². The number of carbonyl (C=O) groups is 2. The SMILES string of the molecule is Cc1ccccc1NS(=O)(=O)c1cc(C(=O)Nc2ccccc2C(=O)NCCc2ccccc2)ccc1Cl. The van der Waals surface area contributed by atoms with E-state index in [-0.39, 0.29) is 27.0 Å². The van der Waals surface area contributed by atoms with Gasteiger partial charge in [-0.3, -0.25) is 14.3 Å². The van der Waals surface area contributed by atoms with Gasteiger partial charge in [0.2, 0.25) is 0 Å². The number of aryl methyl sites for hydroxylation is 1. The standard InChI is InChI=1S/C29H26ClN3O4S/c1-20-9-5-7-13-25(20)33-38(36,37)27-19-22(15-16-24(27)30)28(34)32-26-14-8-6-12-23(26)29(35)31-18-17-21-10-3-2-4-11-21/h2-16,19,33H,17-18H2,1H3,(H,31,35)(H,32,34). The van der Waals surface area contributed by atoms with Crippen LogP contribution in [0.1, 0.15) is 31.8 Å². The number of rotatable bonds is 9. The lowest BCUT2D eigenvalue weighted by Gasteiger charge is -2.14. The molecule has 0 spiro atoms. The Balaban J connectivity index is 1.50. The van der Waals surface area contributed by atoms with Gasteiger partial charge in [-0.15, -0.1) is 0 Å². The van der Waals surface area contributed by atoms with Crippen molar-refractivity contribution in [2.45, 2.75) is 18.2 Å². The second-order valence-corrected chi connectivity index (χ2v) is 10.6. The van der Waals surface area contributed by atoms with Crippen LogP contribution < -0.4 is 15.4 Å². The van der Waals surface area contributed by atoms with Gasteiger partial charge in [-0.25, -0.2) is 8.42 Å². The molecule has 4 aromatic carbocycles. The van der Waals surface area contributed by atoms with Gasteiger partial charge in [-0.2, -0.15) is 0 Å². The summed E-state index contributed by atoms with van der Waals surface area (Å²) in [5.41, 5.74) is 2.90. The smallest absolute Gasteiger partial charge is 0.263 e. The molecule has 7 nitrogen and oxygen atoms in total. The van der Waals surface area contributed by atoms with Crippen molar-refractivity contribution in [3.05, 3.63) is 124 Å². The van der Waals surface area contributed by atoms with E-state index >= 15 is 0 Å².